The van der Waals surface area contributed by atoms with E-state index in [9.17, 15) is 9.59 Å². The highest BCUT2D eigenvalue weighted by molar-refractivity contribution is 7.99. The van der Waals surface area contributed by atoms with Crippen LogP contribution in [0.1, 0.15) is 30.9 Å². The first-order valence-electron chi connectivity index (χ1n) is 10.0. The van der Waals surface area contributed by atoms with Crippen molar-refractivity contribution in [1.82, 2.24) is 9.55 Å². The van der Waals surface area contributed by atoms with Crippen LogP contribution in [0.3, 0.4) is 0 Å². The number of aryl methyl sites for hydroxylation is 1. The van der Waals surface area contributed by atoms with Gasteiger partial charge in [0, 0.05) is 5.69 Å². The molecule has 2 heterocycles. The summed E-state index contributed by atoms with van der Waals surface area (Å²) < 4.78 is 2.21. The molecule has 1 N–H and O–H groups in total. The molecule has 0 radical (unpaired) electrons. The van der Waals surface area contributed by atoms with Gasteiger partial charge in [-0.05, 0) is 59.7 Å². The maximum atomic E-state index is 13.2. The number of benzene rings is 2. The van der Waals surface area contributed by atoms with Crippen LogP contribution in [0, 0.1) is 6.92 Å². The van der Waals surface area contributed by atoms with E-state index in [1.807, 2.05) is 60.8 Å². The fourth-order valence-corrected chi connectivity index (χ4v) is 4.86. The van der Waals surface area contributed by atoms with Crippen molar-refractivity contribution < 1.29 is 4.79 Å². The molecule has 0 aliphatic carbocycles. The minimum atomic E-state index is -0.138. The Hall–Kier alpha value is -2.90. The highest BCUT2D eigenvalue weighted by Crippen LogP contribution is 2.24. The third kappa shape index (κ3) is 4.73. The molecule has 0 spiro atoms. The van der Waals surface area contributed by atoms with E-state index in [0.29, 0.717) is 21.3 Å². The molecule has 0 unspecified atom stereocenters. The number of aromatic nitrogens is 2. The van der Waals surface area contributed by atoms with Crippen LogP contribution in [-0.2, 0) is 4.79 Å². The number of thioether (sulfide) groups is 1. The van der Waals surface area contributed by atoms with Crippen LogP contribution >= 0.6 is 23.1 Å². The summed E-state index contributed by atoms with van der Waals surface area (Å²) in [4.78, 5) is 30.5. The Labute approximate surface area is 189 Å². The molecule has 4 aromatic rings. The monoisotopic (exact) mass is 449 g/mol. The lowest BCUT2D eigenvalue weighted by Gasteiger charge is -2.13. The fraction of sp³-hybridized carbons (Fsp3) is 0.208. The number of nitrogens with one attached hydrogen (secondary N) is 1. The predicted octanol–water partition coefficient (Wildman–Crippen LogP) is 5.61. The van der Waals surface area contributed by atoms with E-state index < -0.39 is 0 Å². The third-order valence-electron chi connectivity index (χ3n) is 4.88. The van der Waals surface area contributed by atoms with Gasteiger partial charge in [0.25, 0.3) is 5.56 Å². The topological polar surface area (TPSA) is 64.0 Å². The van der Waals surface area contributed by atoms with E-state index in [1.54, 1.807) is 4.57 Å². The Morgan fingerprint density at radius 2 is 1.97 bits per heavy atom. The number of amides is 1. The van der Waals surface area contributed by atoms with Gasteiger partial charge >= 0.3 is 0 Å². The number of fused-ring (bicyclic) bond motifs is 1. The van der Waals surface area contributed by atoms with Gasteiger partial charge in [0.2, 0.25) is 5.91 Å². The molecule has 1 amide bonds. The molecule has 2 aromatic carbocycles. The first-order chi connectivity index (χ1) is 14.9. The molecule has 0 aliphatic rings. The van der Waals surface area contributed by atoms with Crippen LogP contribution in [0.4, 0.5) is 5.69 Å². The molecule has 31 heavy (non-hydrogen) atoms. The van der Waals surface area contributed by atoms with Gasteiger partial charge in [-0.25, -0.2) is 4.98 Å². The smallest absolute Gasteiger partial charge is 0.276 e. The number of thiophene rings is 1. The average Bonchev–Trinajstić information content (AvgIpc) is 3.21. The van der Waals surface area contributed by atoms with Crippen molar-refractivity contribution in [1.29, 1.82) is 0 Å². The molecule has 0 atom stereocenters. The molecule has 0 fully saturated rings. The van der Waals surface area contributed by atoms with Crippen LogP contribution in [-0.4, -0.2) is 21.2 Å². The quantitative estimate of drug-likeness (QED) is 0.307. The SMILES string of the molecule is Cc1cccc(-n2c(SCC(=O)Nc3cccc(C(C)C)c3)nc3ccsc3c2=O)c1. The number of hydrogen-bond acceptors (Lipinski definition) is 5. The summed E-state index contributed by atoms with van der Waals surface area (Å²) in [6, 6.07) is 17.4. The molecule has 0 saturated carbocycles. The predicted molar refractivity (Wildman–Crippen MR) is 130 cm³/mol. The summed E-state index contributed by atoms with van der Waals surface area (Å²) in [5, 5.41) is 5.32. The molecular weight excluding hydrogens is 426 g/mol. The third-order valence-corrected chi connectivity index (χ3v) is 6.71. The fourth-order valence-electron chi connectivity index (χ4n) is 3.29. The second-order valence-corrected chi connectivity index (χ2v) is 9.48. The average molecular weight is 450 g/mol. The first-order valence-corrected chi connectivity index (χ1v) is 11.9. The Balaban J connectivity index is 1.61. The van der Waals surface area contributed by atoms with Gasteiger partial charge in [-0.15, -0.1) is 11.3 Å². The molecule has 0 aliphatic heterocycles. The van der Waals surface area contributed by atoms with E-state index in [2.05, 4.69) is 30.2 Å². The number of hydrogen-bond donors (Lipinski definition) is 1. The standard InChI is InChI=1S/C24H23N3O2S2/c1-15(2)17-7-5-8-18(13-17)25-21(28)14-31-24-26-20-10-11-30-22(20)23(29)27(24)19-9-4-6-16(3)12-19/h4-13,15H,14H2,1-3H3,(H,25,28). The zero-order valence-electron chi connectivity index (χ0n) is 17.6. The highest BCUT2D eigenvalue weighted by atomic mass is 32.2. The van der Waals surface area contributed by atoms with Crippen molar-refractivity contribution in [3.63, 3.8) is 0 Å². The van der Waals surface area contributed by atoms with Crippen molar-refractivity contribution >= 4 is 44.9 Å². The molecule has 158 valence electrons. The minimum absolute atomic E-state index is 0.113. The second-order valence-electron chi connectivity index (χ2n) is 7.63. The maximum absolute atomic E-state index is 13.2. The van der Waals surface area contributed by atoms with Gasteiger partial charge in [-0.3, -0.25) is 14.2 Å². The van der Waals surface area contributed by atoms with Crippen molar-refractivity contribution in [2.75, 3.05) is 11.1 Å². The number of carbonyl (C=O) groups is 1. The largest absolute Gasteiger partial charge is 0.325 e. The Bertz CT molecular complexity index is 1310. The van der Waals surface area contributed by atoms with Gasteiger partial charge in [-0.2, -0.15) is 0 Å². The number of nitrogens with zero attached hydrogens (tertiary/aromatic N) is 2. The van der Waals surface area contributed by atoms with E-state index in [0.717, 1.165) is 16.9 Å². The van der Waals surface area contributed by atoms with Crippen molar-refractivity contribution in [3.8, 4) is 5.69 Å². The zero-order valence-corrected chi connectivity index (χ0v) is 19.2. The number of carbonyl (C=O) groups excluding carboxylic acids is 1. The van der Waals surface area contributed by atoms with Gasteiger partial charge in [0.1, 0.15) is 4.70 Å². The van der Waals surface area contributed by atoms with Crippen LogP contribution in [0.15, 0.2) is 69.9 Å². The second kappa shape index (κ2) is 9.08. The zero-order chi connectivity index (χ0) is 22.0. The van der Waals surface area contributed by atoms with Crippen molar-refractivity contribution in [2.24, 2.45) is 0 Å². The lowest BCUT2D eigenvalue weighted by atomic mass is 10.0. The van der Waals surface area contributed by atoms with E-state index in [4.69, 9.17) is 0 Å². The summed E-state index contributed by atoms with van der Waals surface area (Å²) in [6.45, 7) is 6.22. The van der Waals surface area contributed by atoms with Crippen LogP contribution in [0.2, 0.25) is 0 Å². The van der Waals surface area contributed by atoms with E-state index >= 15 is 0 Å². The summed E-state index contributed by atoms with van der Waals surface area (Å²) in [5.41, 5.74) is 4.29. The van der Waals surface area contributed by atoms with E-state index in [-0.39, 0.29) is 17.2 Å². The lowest BCUT2D eigenvalue weighted by Crippen LogP contribution is -2.22. The van der Waals surface area contributed by atoms with Crippen LogP contribution in [0.5, 0.6) is 0 Å². The molecule has 7 heteroatoms. The minimum Gasteiger partial charge on any atom is -0.325 e. The molecule has 2 aromatic heterocycles. The van der Waals surface area contributed by atoms with E-state index in [1.165, 1.54) is 28.7 Å². The van der Waals surface area contributed by atoms with Crippen LogP contribution in [0.25, 0.3) is 15.9 Å². The number of anilines is 1. The molecule has 4 rings (SSSR count). The highest BCUT2D eigenvalue weighted by Gasteiger charge is 2.16. The summed E-state index contributed by atoms with van der Waals surface area (Å²) >= 11 is 2.64. The summed E-state index contributed by atoms with van der Waals surface area (Å²) in [5.74, 6) is 0.401. The Morgan fingerprint density at radius 1 is 1.16 bits per heavy atom. The molecule has 5 nitrogen and oxygen atoms in total. The van der Waals surface area contributed by atoms with Gasteiger partial charge in [0.15, 0.2) is 5.16 Å². The van der Waals surface area contributed by atoms with Gasteiger partial charge < -0.3 is 5.32 Å². The normalized spacial score (nSPS) is 11.2. The summed E-state index contributed by atoms with van der Waals surface area (Å²) in [6.07, 6.45) is 0. The Kier molecular flexibility index (Phi) is 6.25. The van der Waals surface area contributed by atoms with Crippen molar-refractivity contribution in [2.45, 2.75) is 31.8 Å². The Morgan fingerprint density at radius 3 is 2.74 bits per heavy atom. The van der Waals surface area contributed by atoms with Gasteiger partial charge in [-0.1, -0.05) is 49.9 Å². The first kappa shape index (κ1) is 21.3. The summed E-state index contributed by atoms with van der Waals surface area (Å²) in [7, 11) is 0. The van der Waals surface area contributed by atoms with Crippen molar-refractivity contribution in [3.05, 3.63) is 81.5 Å². The van der Waals surface area contributed by atoms with Crippen LogP contribution < -0.4 is 10.9 Å². The maximum Gasteiger partial charge on any atom is 0.276 e. The molecule has 0 bridgehead atoms. The molecule has 0 saturated heterocycles. The molecular formula is C24H23N3O2S2. The van der Waals surface area contributed by atoms with Gasteiger partial charge in [0.05, 0.1) is 17.0 Å². The lowest BCUT2D eigenvalue weighted by molar-refractivity contribution is -0.113. The number of rotatable bonds is 6.